The van der Waals surface area contributed by atoms with Crippen LogP contribution in [0.1, 0.15) is 18.1 Å². The van der Waals surface area contributed by atoms with Gasteiger partial charge in [0.1, 0.15) is 23.9 Å². The lowest BCUT2D eigenvalue weighted by atomic mass is 10.1. The molecule has 6 heteroatoms. The second-order valence-corrected chi connectivity index (χ2v) is 6.25. The Labute approximate surface area is 146 Å². The van der Waals surface area contributed by atoms with E-state index in [1.165, 1.54) is 25.1 Å². The second-order valence-electron chi connectivity index (χ2n) is 5.33. The smallest absolute Gasteiger partial charge is 0.331 e. The van der Waals surface area contributed by atoms with Crippen LogP contribution in [0.2, 0.25) is 0 Å². The second kappa shape index (κ2) is 6.57. The first kappa shape index (κ1) is 16.4. The molecule has 0 spiro atoms. The number of carboxylic acid groups (broad SMARTS) is 1. The highest BCUT2D eigenvalue weighted by atomic mass is 79.9. The predicted molar refractivity (Wildman–Crippen MR) is 93.5 cm³/mol. The number of hydrogen-bond acceptors (Lipinski definition) is 3. The molecule has 1 aliphatic heterocycles. The normalized spacial score (nSPS) is 13.8. The maximum absolute atomic E-state index is 14.2. The van der Waals surface area contributed by atoms with Crippen molar-refractivity contribution in [3.63, 3.8) is 0 Å². The summed E-state index contributed by atoms with van der Waals surface area (Å²) in [6.07, 6.45) is 1.27. The van der Waals surface area contributed by atoms with Crippen LogP contribution in [-0.4, -0.2) is 23.4 Å². The van der Waals surface area contributed by atoms with Gasteiger partial charge in [0.05, 0.1) is 5.71 Å². The lowest BCUT2D eigenvalue weighted by molar-refractivity contribution is -0.132. The van der Waals surface area contributed by atoms with Crippen molar-refractivity contribution in [2.45, 2.75) is 6.92 Å². The van der Waals surface area contributed by atoms with Crippen LogP contribution in [0.15, 0.2) is 51.4 Å². The van der Waals surface area contributed by atoms with Gasteiger partial charge in [0.2, 0.25) is 0 Å². The molecule has 0 atom stereocenters. The molecule has 3 rings (SSSR count). The first-order valence-electron chi connectivity index (χ1n) is 7.15. The van der Waals surface area contributed by atoms with Crippen LogP contribution in [0.5, 0.6) is 5.75 Å². The van der Waals surface area contributed by atoms with Crippen LogP contribution in [-0.2, 0) is 4.79 Å². The monoisotopic (exact) mass is 389 g/mol. The van der Waals surface area contributed by atoms with Crippen LogP contribution in [0, 0.1) is 5.82 Å². The lowest BCUT2D eigenvalue weighted by Gasteiger charge is -2.18. The molecule has 0 radical (unpaired) electrons. The summed E-state index contributed by atoms with van der Waals surface area (Å²) in [7, 11) is 0. The molecule has 0 aromatic heterocycles. The molecule has 1 aliphatic rings. The van der Waals surface area contributed by atoms with E-state index in [0.717, 1.165) is 10.0 Å². The SMILES string of the molecule is C/C(=C\c1cc2c(cc1F)N=C(c1cccc(Br)c1)CO2)C(=O)O. The Morgan fingerprint density at radius 1 is 1.38 bits per heavy atom. The number of benzene rings is 2. The van der Waals surface area contributed by atoms with Crippen molar-refractivity contribution in [1.29, 1.82) is 0 Å². The summed E-state index contributed by atoms with van der Waals surface area (Å²) in [4.78, 5) is 15.4. The Kier molecular flexibility index (Phi) is 4.49. The Morgan fingerprint density at radius 2 is 2.17 bits per heavy atom. The molecule has 122 valence electrons. The molecule has 0 saturated heterocycles. The molecular formula is C18H13BrFNO3. The minimum absolute atomic E-state index is 0.0444. The standard InChI is InChI=1S/C18H13BrFNO3/c1-10(18(22)23)5-12-7-17-15(8-14(12)20)21-16(9-24-17)11-3-2-4-13(19)6-11/h2-8H,9H2,1H3,(H,22,23)/b10-5+. The van der Waals surface area contributed by atoms with Gasteiger partial charge in [-0.25, -0.2) is 14.2 Å². The summed E-state index contributed by atoms with van der Waals surface area (Å²) >= 11 is 3.41. The molecule has 2 aromatic rings. The predicted octanol–water partition coefficient (Wildman–Crippen LogP) is 4.59. The Morgan fingerprint density at radius 3 is 2.88 bits per heavy atom. The molecule has 0 fully saturated rings. The summed E-state index contributed by atoms with van der Waals surface area (Å²) in [5.41, 5.74) is 2.19. The molecule has 0 saturated carbocycles. The quantitative estimate of drug-likeness (QED) is 0.780. The van der Waals surface area contributed by atoms with Crippen LogP contribution < -0.4 is 4.74 Å². The Balaban J connectivity index is 2.00. The van der Waals surface area contributed by atoms with E-state index < -0.39 is 11.8 Å². The maximum atomic E-state index is 14.2. The minimum Gasteiger partial charge on any atom is -0.485 e. The average molecular weight is 390 g/mol. The molecule has 0 aliphatic carbocycles. The van der Waals surface area contributed by atoms with Gasteiger partial charge in [-0.15, -0.1) is 0 Å². The fourth-order valence-electron chi connectivity index (χ4n) is 2.31. The number of carboxylic acids is 1. The number of halogens is 2. The van der Waals surface area contributed by atoms with Gasteiger partial charge in [0, 0.05) is 27.2 Å². The summed E-state index contributed by atoms with van der Waals surface area (Å²) < 4.78 is 20.8. The van der Waals surface area contributed by atoms with Crippen molar-refractivity contribution in [2.24, 2.45) is 4.99 Å². The van der Waals surface area contributed by atoms with Crippen molar-refractivity contribution in [2.75, 3.05) is 6.61 Å². The van der Waals surface area contributed by atoms with Gasteiger partial charge in [-0.05, 0) is 31.2 Å². The van der Waals surface area contributed by atoms with Crippen LogP contribution in [0.25, 0.3) is 6.08 Å². The first-order chi connectivity index (χ1) is 11.4. The zero-order valence-corrected chi connectivity index (χ0v) is 14.3. The fraction of sp³-hybridized carbons (Fsp3) is 0.111. The number of nitrogens with zero attached hydrogens (tertiary/aromatic N) is 1. The zero-order chi connectivity index (χ0) is 17.3. The molecule has 4 nitrogen and oxygen atoms in total. The highest BCUT2D eigenvalue weighted by Gasteiger charge is 2.18. The van der Waals surface area contributed by atoms with E-state index in [2.05, 4.69) is 20.9 Å². The highest BCUT2D eigenvalue weighted by molar-refractivity contribution is 9.10. The van der Waals surface area contributed by atoms with Gasteiger partial charge in [0.25, 0.3) is 0 Å². The van der Waals surface area contributed by atoms with E-state index in [9.17, 15) is 9.18 Å². The van der Waals surface area contributed by atoms with Crippen molar-refractivity contribution >= 4 is 39.4 Å². The van der Waals surface area contributed by atoms with E-state index in [1.807, 2.05) is 24.3 Å². The van der Waals surface area contributed by atoms with E-state index >= 15 is 0 Å². The summed E-state index contributed by atoms with van der Waals surface area (Å²) in [6, 6.07) is 10.3. The zero-order valence-electron chi connectivity index (χ0n) is 12.7. The third-order valence-corrected chi connectivity index (χ3v) is 4.06. The molecule has 0 unspecified atom stereocenters. The average Bonchev–Trinajstić information content (AvgIpc) is 2.55. The molecule has 24 heavy (non-hydrogen) atoms. The first-order valence-corrected chi connectivity index (χ1v) is 7.95. The summed E-state index contributed by atoms with van der Waals surface area (Å²) in [5.74, 6) is -1.21. The van der Waals surface area contributed by atoms with Crippen LogP contribution in [0.3, 0.4) is 0 Å². The highest BCUT2D eigenvalue weighted by Crippen LogP contribution is 2.35. The maximum Gasteiger partial charge on any atom is 0.331 e. The van der Waals surface area contributed by atoms with Crippen molar-refractivity contribution in [3.05, 3.63) is 63.4 Å². The van der Waals surface area contributed by atoms with Gasteiger partial charge in [0.15, 0.2) is 0 Å². The number of hydrogen-bond donors (Lipinski definition) is 1. The Bertz CT molecular complexity index is 890. The van der Waals surface area contributed by atoms with Gasteiger partial charge >= 0.3 is 5.97 Å². The van der Waals surface area contributed by atoms with Crippen LogP contribution >= 0.6 is 15.9 Å². The van der Waals surface area contributed by atoms with Gasteiger partial charge in [-0.1, -0.05) is 28.1 Å². The van der Waals surface area contributed by atoms with Crippen molar-refractivity contribution < 1.29 is 19.0 Å². The largest absolute Gasteiger partial charge is 0.485 e. The molecular weight excluding hydrogens is 377 g/mol. The third kappa shape index (κ3) is 3.38. The third-order valence-electron chi connectivity index (χ3n) is 3.57. The Hall–Kier alpha value is -2.47. The topological polar surface area (TPSA) is 58.9 Å². The van der Waals surface area contributed by atoms with Crippen molar-refractivity contribution in [1.82, 2.24) is 0 Å². The molecule has 0 bridgehead atoms. The molecule has 2 aromatic carbocycles. The number of rotatable bonds is 3. The summed E-state index contributed by atoms with van der Waals surface area (Å²) in [6.45, 7) is 1.67. The number of carbonyl (C=O) groups is 1. The van der Waals surface area contributed by atoms with Gasteiger partial charge in [-0.3, -0.25) is 0 Å². The number of fused-ring (bicyclic) bond motifs is 1. The van der Waals surface area contributed by atoms with E-state index in [1.54, 1.807) is 0 Å². The van der Waals surface area contributed by atoms with Gasteiger partial charge < -0.3 is 9.84 Å². The number of aliphatic imine (C=N–C) groups is 1. The number of ether oxygens (including phenoxy) is 1. The van der Waals surface area contributed by atoms with E-state index in [4.69, 9.17) is 9.84 Å². The van der Waals surface area contributed by atoms with Gasteiger partial charge in [-0.2, -0.15) is 0 Å². The van der Waals surface area contributed by atoms with E-state index in [-0.39, 0.29) is 17.7 Å². The number of aliphatic carboxylic acids is 1. The van der Waals surface area contributed by atoms with E-state index in [0.29, 0.717) is 17.1 Å². The summed E-state index contributed by atoms with van der Waals surface area (Å²) in [5, 5.41) is 8.91. The van der Waals surface area contributed by atoms with Crippen molar-refractivity contribution in [3.8, 4) is 5.75 Å². The molecule has 1 N–H and O–H groups in total. The molecule has 1 heterocycles. The molecule has 0 amide bonds. The fourth-order valence-corrected chi connectivity index (χ4v) is 2.71. The lowest BCUT2D eigenvalue weighted by Crippen LogP contribution is -2.16. The van der Waals surface area contributed by atoms with Crippen LogP contribution in [0.4, 0.5) is 10.1 Å². The minimum atomic E-state index is -1.09.